The van der Waals surface area contributed by atoms with Gasteiger partial charge in [-0.3, -0.25) is 19.3 Å². The average molecular weight is 478 g/mol. The van der Waals surface area contributed by atoms with E-state index in [-0.39, 0.29) is 11.3 Å². The first-order chi connectivity index (χ1) is 16.3. The molecule has 1 amide bonds. The summed E-state index contributed by atoms with van der Waals surface area (Å²) in [5, 5.41) is 11.5. The van der Waals surface area contributed by atoms with Crippen molar-refractivity contribution in [2.45, 2.75) is 13.0 Å². The third kappa shape index (κ3) is 4.38. The van der Waals surface area contributed by atoms with E-state index < -0.39 is 23.7 Å². The highest BCUT2D eigenvalue weighted by Gasteiger charge is 2.47. The Kier molecular flexibility index (Phi) is 6.38. The summed E-state index contributed by atoms with van der Waals surface area (Å²) in [7, 11) is 1.50. The molecule has 1 saturated heterocycles. The zero-order valence-electron chi connectivity index (χ0n) is 18.3. The van der Waals surface area contributed by atoms with Crippen LogP contribution in [0.3, 0.4) is 0 Å². The van der Waals surface area contributed by atoms with Crippen LogP contribution in [-0.2, 0) is 14.4 Å². The molecule has 0 aliphatic carbocycles. The molecule has 1 aliphatic rings. The van der Waals surface area contributed by atoms with E-state index in [2.05, 4.69) is 0 Å². The second-order valence-electron chi connectivity index (χ2n) is 7.54. The molecule has 1 aliphatic heterocycles. The number of hydrogen-bond acceptors (Lipinski definition) is 6. The first kappa shape index (κ1) is 23.1. The number of aliphatic hydroxyl groups excluding tert-OH is 1. The average Bonchev–Trinajstić information content (AvgIpc) is 3.09. The Morgan fingerprint density at radius 1 is 0.971 bits per heavy atom. The first-order valence-electron chi connectivity index (χ1n) is 10.3. The van der Waals surface area contributed by atoms with Gasteiger partial charge in [-0.25, -0.2) is 0 Å². The van der Waals surface area contributed by atoms with E-state index in [9.17, 15) is 19.5 Å². The number of ketones is 1. The number of carbonyl (C=O) groups excluding carboxylic acids is 3. The predicted octanol–water partition coefficient (Wildman–Crippen LogP) is 4.90. The topological polar surface area (TPSA) is 93.1 Å². The van der Waals surface area contributed by atoms with Crippen LogP contribution >= 0.6 is 11.6 Å². The van der Waals surface area contributed by atoms with E-state index >= 15 is 0 Å². The van der Waals surface area contributed by atoms with Gasteiger partial charge in [-0.2, -0.15) is 0 Å². The lowest BCUT2D eigenvalue weighted by Crippen LogP contribution is -2.29. The highest BCUT2D eigenvalue weighted by molar-refractivity contribution is 6.51. The molecule has 4 rings (SSSR count). The summed E-state index contributed by atoms with van der Waals surface area (Å²) in [4.78, 5) is 39.0. The molecule has 0 saturated carbocycles. The van der Waals surface area contributed by atoms with Gasteiger partial charge < -0.3 is 14.6 Å². The third-order valence-electron chi connectivity index (χ3n) is 5.33. The second kappa shape index (κ2) is 9.41. The van der Waals surface area contributed by atoms with Crippen LogP contribution in [0, 0.1) is 0 Å². The van der Waals surface area contributed by atoms with E-state index in [1.54, 1.807) is 66.7 Å². The smallest absolute Gasteiger partial charge is 0.308 e. The zero-order chi connectivity index (χ0) is 24.4. The fraction of sp³-hybridized carbons (Fsp3) is 0.115. The van der Waals surface area contributed by atoms with Gasteiger partial charge in [-0.1, -0.05) is 41.9 Å². The van der Waals surface area contributed by atoms with Crippen LogP contribution in [0.25, 0.3) is 5.76 Å². The quantitative estimate of drug-likeness (QED) is 0.185. The Hall–Kier alpha value is -4.10. The summed E-state index contributed by atoms with van der Waals surface area (Å²) >= 11 is 6.08. The normalized spacial score (nSPS) is 17.0. The van der Waals surface area contributed by atoms with Crippen LogP contribution in [-0.4, -0.2) is 29.9 Å². The van der Waals surface area contributed by atoms with E-state index in [0.29, 0.717) is 33.3 Å². The van der Waals surface area contributed by atoms with Crippen LogP contribution in [0.15, 0.2) is 78.4 Å². The van der Waals surface area contributed by atoms with Gasteiger partial charge in [0.25, 0.3) is 11.7 Å². The Labute approximate surface area is 200 Å². The first-order valence-corrected chi connectivity index (χ1v) is 10.7. The number of hydrogen-bond donors (Lipinski definition) is 1. The highest BCUT2D eigenvalue weighted by atomic mass is 35.5. The number of esters is 1. The van der Waals surface area contributed by atoms with E-state index in [1.807, 2.05) is 0 Å². The summed E-state index contributed by atoms with van der Waals surface area (Å²) in [6.07, 6.45) is 0. The number of amides is 1. The molecule has 1 atom stereocenters. The summed E-state index contributed by atoms with van der Waals surface area (Å²) in [6.45, 7) is 1.29. The monoisotopic (exact) mass is 477 g/mol. The van der Waals surface area contributed by atoms with Crippen LogP contribution in [0.1, 0.15) is 24.1 Å². The molecule has 1 N–H and O–H groups in total. The van der Waals surface area contributed by atoms with Gasteiger partial charge in [-0.15, -0.1) is 0 Å². The van der Waals surface area contributed by atoms with Crippen molar-refractivity contribution < 1.29 is 29.0 Å². The lowest BCUT2D eigenvalue weighted by Gasteiger charge is -2.26. The van der Waals surface area contributed by atoms with Gasteiger partial charge in [0.2, 0.25) is 0 Å². The fourth-order valence-electron chi connectivity index (χ4n) is 3.85. The number of nitrogens with zero attached hydrogens (tertiary/aromatic N) is 1. The van der Waals surface area contributed by atoms with Gasteiger partial charge >= 0.3 is 5.97 Å². The Balaban J connectivity index is 1.91. The van der Waals surface area contributed by atoms with Crippen molar-refractivity contribution in [3.63, 3.8) is 0 Å². The van der Waals surface area contributed by atoms with Crippen LogP contribution in [0.2, 0.25) is 5.02 Å². The van der Waals surface area contributed by atoms with Crippen molar-refractivity contribution in [2.75, 3.05) is 12.0 Å². The number of carbonyl (C=O) groups is 3. The Morgan fingerprint density at radius 2 is 1.68 bits per heavy atom. The lowest BCUT2D eigenvalue weighted by atomic mass is 9.95. The number of halogens is 1. The standard InChI is InChI=1S/C26H20ClNO6/c1-15(29)34-20-11-9-16(10-12-20)23-22(24(30)17-5-3-6-18(27)13-17)25(31)26(32)28(23)19-7-4-8-21(14-19)33-2/h3-14,23,30H,1-2H3/b24-22+. The summed E-state index contributed by atoms with van der Waals surface area (Å²) in [6, 6.07) is 18.5. The molecule has 1 heterocycles. The molecule has 3 aromatic carbocycles. The van der Waals surface area contributed by atoms with E-state index in [4.69, 9.17) is 21.1 Å². The van der Waals surface area contributed by atoms with Crippen molar-refractivity contribution in [1.29, 1.82) is 0 Å². The number of Topliss-reactive ketones (excluding diaryl/α,β-unsaturated/α-hetero) is 1. The molecule has 0 radical (unpaired) electrons. The molecular formula is C26H20ClNO6. The van der Waals surface area contributed by atoms with Crippen molar-refractivity contribution in [2.24, 2.45) is 0 Å². The van der Waals surface area contributed by atoms with Crippen molar-refractivity contribution in [3.05, 3.63) is 94.5 Å². The summed E-state index contributed by atoms with van der Waals surface area (Å²) < 4.78 is 10.4. The molecule has 8 heteroatoms. The number of anilines is 1. The Morgan fingerprint density at radius 3 is 2.32 bits per heavy atom. The molecule has 7 nitrogen and oxygen atoms in total. The van der Waals surface area contributed by atoms with Crippen LogP contribution in [0.5, 0.6) is 11.5 Å². The third-order valence-corrected chi connectivity index (χ3v) is 5.57. The maximum atomic E-state index is 13.2. The minimum Gasteiger partial charge on any atom is -0.507 e. The van der Waals surface area contributed by atoms with Crippen LogP contribution in [0.4, 0.5) is 5.69 Å². The number of ether oxygens (including phenoxy) is 2. The van der Waals surface area contributed by atoms with E-state index in [1.165, 1.54) is 25.0 Å². The molecule has 34 heavy (non-hydrogen) atoms. The Bertz CT molecular complexity index is 1310. The van der Waals surface area contributed by atoms with Crippen molar-refractivity contribution in [1.82, 2.24) is 0 Å². The summed E-state index contributed by atoms with van der Waals surface area (Å²) in [5.74, 6) is -1.65. The van der Waals surface area contributed by atoms with Gasteiger partial charge in [0.1, 0.15) is 17.3 Å². The minimum absolute atomic E-state index is 0.0877. The van der Waals surface area contributed by atoms with Crippen molar-refractivity contribution >= 4 is 40.7 Å². The number of aliphatic hydroxyl groups is 1. The zero-order valence-corrected chi connectivity index (χ0v) is 19.1. The highest BCUT2D eigenvalue weighted by Crippen LogP contribution is 2.43. The fourth-order valence-corrected chi connectivity index (χ4v) is 4.04. The van der Waals surface area contributed by atoms with Gasteiger partial charge in [0.15, 0.2) is 0 Å². The second-order valence-corrected chi connectivity index (χ2v) is 7.98. The van der Waals surface area contributed by atoms with Crippen LogP contribution < -0.4 is 14.4 Å². The maximum Gasteiger partial charge on any atom is 0.308 e. The predicted molar refractivity (Wildman–Crippen MR) is 127 cm³/mol. The van der Waals surface area contributed by atoms with Gasteiger partial charge in [-0.05, 0) is 42.0 Å². The minimum atomic E-state index is -0.947. The van der Waals surface area contributed by atoms with Crippen molar-refractivity contribution in [3.8, 4) is 11.5 Å². The molecule has 0 spiro atoms. The van der Waals surface area contributed by atoms with E-state index in [0.717, 1.165) is 0 Å². The SMILES string of the molecule is COc1cccc(N2C(=O)C(=O)/C(=C(/O)c3cccc(Cl)c3)C2c2ccc(OC(C)=O)cc2)c1. The molecular weight excluding hydrogens is 458 g/mol. The molecule has 0 bridgehead atoms. The number of benzene rings is 3. The number of methoxy groups -OCH3 is 1. The largest absolute Gasteiger partial charge is 0.507 e. The molecule has 3 aromatic rings. The molecule has 0 aromatic heterocycles. The summed E-state index contributed by atoms with van der Waals surface area (Å²) in [5.41, 5.74) is 1.16. The van der Waals surface area contributed by atoms with Gasteiger partial charge in [0.05, 0.1) is 18.7 Å². The molecule has 1 fully saturated rings. The maximum absolute atomic E-state index is 13.2. The lowest BCUT2D eigenvalue weighted by molar-refractivity contribution is -0.132. The molecule has 1 unspecified atom stereocenters. The molecule has 172 valence electrons. The number of rotatable bonds is 5. The van der Waals surface area contributed by atoms with Gasteiger partial charge in [0, 0.05) is 29.3 Å².